The molecule has 10 nitrogen and oxygen atoms in total. The van der Waals surface area contributed by atoms with E-state index in [1.165, 1.54) is 28.4 Å². The topological polar surface area (TPSA) is 138 Å². The van der Waals surface area contributed by atoms with Gasteiger partial charge in [0.1, 0.15) is 22.9 Å². The highest BCUT2D eigenvalue weighted by molar-refractivity contribution is 8.01. The molecule has 1 aromatic heterocycles. The van der Waals surface area contributed by atoms with Gasteiger partial charge >= 0.3 is 5.97 Å². The van der Waals surface area contributed by atoms with Gasteiger partial charge in [-0.2, -0.15) is 0 Å². The van der Waals surface area contributed by atoms with Gasteiger partial charge < -0.3 is 20.1 Å². The van der Waals surface area contributed by atoms with E-state index in [0.717, 1.165) is 5.82 Å². The Kier molecular flexibility index (Phi) is 6.26. The van der Waals surface area contributed by atoms with Crippen molar-refractivity contribution in [1.29, 1.82) is 0 Å². The van der Waals surface area contributed by atoms with Crippen molar-refractivity contribution >= 4 is 41.3 Å². The molecule has 2 unspecified atom stereocenters. The first-order valence-corrected chi connectivity index (χ1v) is 11.7. The van der Waals surface area contributed by atoms with E-state index in [-0.39, 0.29) is 5.70 Å². The van der Waals surface area contributed by atoms with Gasteiger partial charge in [-0.25, -0.2) is 4.79 Å². The molecule has 2 aliphatic rings. The van der Waals surface area contributed by atoms with Crippen LogP contribution in [0.25, 0.3) is 0 Å². The zero-order valence-corrected chi connectivity index (χ0v) is 18.9. The second-order valence-electron chi connectivity index (χ2n) is 7.34. The fraction of sp³-hybridized carbons (Fsp3) is 0.350. The number of aliphatic hydroxyl groups excluding tert-OH is 1. The average Bonchev–Trinajstić information content (AvgIpc) is 3.12. The molecule has 0 aliphatic carbocycles. The SMILES string of the molecule is Cc1nnc(SCC2=C(C(=O)O)N3C(=O)C(NC(=O)C(O)c4ccccc4)[C@H]3SC2)n1C. The molecule has 3 N–H and O–H groups in total. The van der Waals surface area contributed by atoms with Crippen molar-refractivity contribution in [1.82, 2.24) is 25.0 Å². The van der Waals surface area contributed by atoms with Crippen molar-refractivity contribution in [2.24, 2.45) is 7.05 Å². The maximum Gasteiger partial charge on any atom is 0.352 e. The minimum absolute atomic E-state index is 0.0563. The molecular formula is C20H21N5O5S2. The number of aliphatic hydroxyl groups is 1. The average molecular weight is 476 g/mol. The number of carbonyl (C=O) groups is 3. The van der Waals surface area contributed by atoms with Crippen LogP contribution in [0, 0.1) is 6.92 Å². The lowest BCUT2D eigenvalue weighted by Gasteiger charge is -2.49. The largest absolute Gasteiger partial charge is 0.477 e. The molecule has 1 fully saturated rings. The summed E-state index contributed by atoms with van der Waals surface area (Å²) < 4.78 is 1.81. The number of hydrogen-bond donors (Lipinski definition) is 3. The van der Waals surface area contributed by atoms with Crippen molar-refractivity contribution in [3.8, 4) is 0 Å². The highest BCUT2D eigenvalue weighted by Crippen LogP contribution is 2.41. The summed E-state index contributed by atoms with van der Waals surface area (Å²) in [5, 5.41) is 30.8. The van der Waals surface area contributed by atoms with Crippen LogP contribution < -0.4 is 5.32 Å². The Morgan fingerprint density at radius 3 is 2.66 bits per heavy atom. The molecule has 2 aliphatic heterocycles. The second kappa shape index (κ2) is 8.96. The summed E-state index contributed by atoms with van der Waals surface area (Å²) in [6.45, 7) is 1.82. The van der Waals surface area contributed by atoms with Crippen LogP contribution in [0.3, 0.4) is 0 Å². The number of aryl methyl sites for hydroxylation is 1. The number of rotatable bonds is 7. The number of β-lactam (4-membered cyclic amide) rings is 1. The van der Waals surface area contributed by atoms with Gasteiger partial charge in [-0.3, -0.25) is 14.5 Å². The number of carbonyl (C=O) groups excluding carboxylic acids is 2. The molecule has 1 aromatic carbocycles. The van der Waals surface area contributed by atoms with Crippen LogP contribution in [0.15, 0.2) is 46.8 Å². The van der Waals surface area contributed by atoms with Gasteiger partial charge in [0.05, 0.1) is 0 Å². The maximum absolute atomic E-state index is 12.8. The Balaban J connectivity index is 1.46. The van der Waals surface area contributed by atoms with Gasteiger partial charge in [0, 0.05) is 18.6 Å². The normalized spacial score (nSPS) is 21.1. The smallest absolute Gasteiger partial charge is 0.352 e. The van der Waals surface area contributed by atoms with Crippen LogP contribution >= 0.6 is 23.5 Å². The monoisotopic (exact) mass is 475 g/mol. The van der Waals surface area contributed by atoms with Gasteiger partial charge in [0.15, 0.2) is 11.3 Å². The van der Waals surface area contributed by atoms with E-state index in [1.807, 2.05) is 18.5 Å². The number of thioether (sulfide) groups is 2. The van der Waals surface area contributed by atoms with Crippen molar-refractivity contribution in [3.05, 3.63) is 53.0 Å². The van der Waals surface area contributed by atoms with Gasteiger partial charge in [-0.05, 0) is 18.1 Å². The Labute approximate surface area is 192 Å². The van der Waals surface area contributed by atoms with Crippen LogP contribution in [-0.2, 0) is 21.4 Å². The summed E-state index contributed by atoms with van der Waals surface area (Å²) in [6, 6.07) is 7.50. The number of aliphatic carboxylic acids is 1. The van der Waals surface area contributed by atoms with E-state index >= 15 is 0 Å². The third-order valence-corrected chi connectivity index (χ3v) is 7.79. The first-order valence-electron chi connectivity index (χ1n) is 9.71. The molecule has 12 heteroatoms. The van der Waals surface area contributed by atoms with Crippen molar-refractivity contribution in [2.75, 3.05) is 11.5 Å². The number of fused-ring (bicyclic) bond motifs is 1. The lowest BCUT2D eigenvalue weighted by atomic mass is 10.0. The standard InChI is InChI=1S/C20H21N5O5S2/c1-10-22-23-20(24(10)2)32-9-12-8-31-18-13(17(28)25(18)14(12)19(29)30)21-16(27)15(26)11-6-4-3-5-7-11/h3-7,13,15,18,26H,8-9H2,1-2H3,(H,21,27)(H,29,30)/t13?,15?,18-/m1/s1. The van der Waals surface area contributed by atoms with E-state index in [0.29, 0.717) is 27.8 Å². The molecule has 168 valence electrons. The van der Waals surface area contributed by atoms with Crippen molar-refractivity contribution < 1.29 is 24.6 Å². The first kappa shape index (κ1) is 22.4. The number of hydrogen-bond acceptors (Lipinski definition) is 8. The lowest BCUT2D eigenvalue weighted by Crippen LogP contribution is -2.70. The van der Waals surface area contributed by atoms with Crippen molar-refractivity contribution in [2.45, 2.75) is 29.6 Å². The predicted molar refractivity (Wildman–Crippen MR) is 118 cm³/mol. The van der Waals surface area contributed by atoms with Gasteiger partial charge in [0.25, 0.3) is 11.8 Å². The second-order valence-corrected chi connectivity index (χ2v) is 9.39. The van der Waals surface area contributed by atoms with Crippen LogP contribution in [0.1, 0.15) is 17.5 Å². The zero-order valence-electron chi connectivity index (χ0n) is 17.3. The molecule has 2 aromatic rings. The molecule has 2 amide bonds. The number of nitrogens with zero attached hydrogens (tertiary/aromatic N) is 4. The summed E-state index contributed by atoms with van der Waals surface area (Å²) in [4.78, 5) is 38.4. The predicted octanol–water partition coefficient (Wildman–Crippen LogP) is 0.688. The van der Waals surface area contributed by atoms with E-state index in [2.05, 4.69) is 15.5 Å². The van der Waals surface area contributed by atoms with Crippen LogP contribution in [0.5, 0.6) is 0 Å². The van der Waals surface area contributed by atoms with E-state index < -0.39 is 35.3 Å². The Morgan fingerprint density at radius 1 is 1.31 bits per heavy atom. The highest BCUT2D eigenvalue weighted by Gasteiger charge is 2.54. The number of nitrogens with one attached hydrogen (secondary N) is 1. The minimum Gasteiger partial charge on any atom is -0.477 e. The molecule has 4 rings (SSSR count). The number of carboxylic acid groups (broad SMARTS) is 1. The first-order chi connectivity index (χ1) is 15.3. The number of amides is 2. The van der Waals surface area contributed by atoms with E-state index in [4.69, 9.17) is 0 Å². The van der Waals surface area contributed by atoms with Crippen molar-refractivity contribution in [3.63, 3.8) is 0 Å². The molecule has 0 spiro atoms. The third-order valence-electron chi connectivity index (χ3n) is 5.34. The van der Waals surface area contributed by atoms with Crippen LogP contribution in [0.4, 0.5) is 0 Å². The van der Waals surface area contributed by atoms with Gasteiger partial charge in [-0.15, -0.1) is 22.0 Å². The third kappa shape index (κ3) is 4.00. The van der Waals surface area contributed by atoms with Crippen LogP contribution in [-0.4, -0.2) is 70.6 Å². The lowest BCUT2D eigenvalue weighted by molar-refractivity contribution is -0.151. The molecule has 32 heavy (non-hydrogen) atoms. The molecule has 0 saturated carbocycles. The molecular weight excluding hydrogens is 454 g/mol. The number of benzene rings is 1. The highest BCUT2D eigenvalue weighted by atomic mass is 32.2. The summed E-state index contributed by atoms with van der Waals surface area (Å²) in [5.74, 6) is -0.913. The molecule has 1 saturated heterocycles. The Morgan fingerprint density at radius 2 is 2.03 bits per heavy atom. The fourth-order valence-electron chi connectivity index (χ4n) is 3.48. The summed E-state index contributed by atoms with van der Waals surface area (Å²) >= 11 is 2.73. The maximum atomic E-state index is 12.8. The fourth-order valence-corrected chi connectivity index (χ4v) is 5.92. The number of aromatic nitrogens is 3. The summed E-state index contributed by atoms with van der Waals surface area (Å²) in [5.41, 5.74) is 0.959. The van der Waals surface area contributed by atoms with Gasteiger partial charge in [-0.1, -0.05) is 42.1 Å². The molecule has 3 atom stereocenters. The number of carboxylic acids is 1. The quantitative estimate of drug-likeness (QED) is 0.390. The zero-order chi connectivity index (χ0) is 23.0. The van der Waals surface area contributed by atoms with E-state index in [1.54, 1.807) is 30.3 Å². The minimum atomic E-state index is -1.41. The molecule has 0 radical (unpaired) electrons. The Hall–Kier alpha value is -2.83. The van der Waals surface area contributed by atoms with Crippen LogP contribution in [0.2, 0.25) is 0 Å². The summed E-state index contributed by atoms with van der Waals surface area (Å²) in [7, 11) is 1.83. The van der Waals surface area contributed by atoms with E-state index in [9.17, 15) is 24.6 Å². The Bertz CT molecular complexity index is 1100. The summed E-state index contributed by atoms with van der Waals surface area (Å²) in [6.07, 6.45) is -1.41. The molecule has 0 bridgehead atoms. The molecule has 3 heterocycles. The van der Waals surface area contributed by atoms with Gasteiger partial charge in [0.2, 0.25) is 0 Å².